The van der Waals surface area contributed by atoms with E-state index in [0.29, 0.717) is 5.56 Å². The lowest BCUT2D eigenvalue weighted by Gasteiger charge is -2.15. The van der Waals surface area contributed by atoms with Gasteiger partial charge in [-0.1, -0.05) is 0 Å². The quantitative estimate of drug-likeness (QED) is 0.910. The number of benzene rings is 1. The zero-order chi connectivity index (χ0) is 17.5. The van der Waals surface area contributed by atoms with E-state index in [4.69, 9.17) is 0 Å². The third-order valence-corrected chi connectivity index (χ3v) is 4.15. The van der Waals surface area contributed by atoms with Gasteiger partial charge < -0.3 is 5.32 Å². The maximum absolute atomic E-state index is 13.3. The summed E-state index contributed by atoms with van der Waals surface area (Å²) in [7, 11) is 0. The Bertz CT molecular complexity index is 795. The fraction of sp³-hybridized carbons (Fsp3) is 0.333. The highest BCUT2D eigenvalue weighted by molar-refractivity contribution is 5.96. The van der Waals surface area contributed by atoms with E-state index in [-0.39, 0.29) is 23.1 Å². The summed E-state index contributed by atoms with van der Waals surface area (Å²) in [5.74, 6) is -0.343. The van der Waals surface area contributed by atoms with E-state index < -0.39 is 11.7 Å². The fourth-order valence-electron chi connectivity index (χ4n) is 2.46. The van der Waals surface area contributed by atoms with Gasteiger partial charge in [-0.05, 0) is 62.1 Å². The standard InChI is InChI=1S/C18H17F3N2O/c1-10-7-13(9-22-11(10)2)15-8-12(17(24)23-14-4-5-14)3-6-16(15)18(19,20)21/h3,6-9,14H,4-5H2,1-2H3,(H,23,24). The monoisotopic (exact) mass is 334 g/mol. The molecule has 3 nitrogen and oxygen atoms in total. The lowest BCUT2D eigenvalue weighted by atomic mass is 9.96. The van der Waals surface area contributed by atoms with E-state index in [1.54, 1.807) is 19.9 Å². The van der Waals surface area contributed by atoms with Crippen molar-refractivity contribution in [1.29, 1.82) is 0 Å². The number of nitrogens with zero attached hydrogens (tertiary/aromatic N) is 1. The number of hydrogen-bond acceptors (Lipinski definition) is 2. The zero-order valence-electron chi connectivity index (χ0n) is 13.4. The maximum atomic E-state index is 13.3. The number of amides is 1. The lowest BCUT2D eigenvalue weighted by Crippen LogP contribution is -2.25. The van der Waals surface area contributed by atoms with Crippen LogP contribution in [0.25, 0.3) is 11.1 Å². The number of aromatic nitrogens is 1. The van der Waals surface area contributed by atoms with Crippen LogP contribution in [-0.4, -0.2) is 16.9 Å². The first-order valence-corrected chi connectivity index (χ1v) is 7.71. The molecule has 6 heteroatoms. The highest BCUT2D eigenvalue weighted by Gasteiger charge is 2.34. The molecule has 0 aliphatic heterocycles. The summed E-state index contributed by atoms with van der Waals surface area (Å²) < 4.78 is 40.0. The summed E-state index contributed by atoms with van der Waals surface area (Å²) in [4.78, 5) is 16.3. The summed E-state index contributed by atoms with van der Waals surface area (Å²) in [5.41, 5.74) is 1.34. The normalized spacial score (nSPS) is 14.5. The third-order valence-electron chi connectivity index (χ3n) is 4.15. The second-order valence-electron chi connectivity index (χ2n) is 6.13. The summed E-state index contributed by atoms with van der Waals surface area (Å²) in [6.45, 7) is 3.59. The number of hydrogen-bond donors (Lipinski definition) is 1. The number of nitrogens with one attached hydrogen (secondary N) is 1. The number of carbonyl (C=O) groups is 1. The molecule has 0 spiro atoms. The van der Waals surface area contributed by atoms with E-state index in [1.807, 2.05) is 0 Å². The number of alkyl halides is 3. The van der Waals surface area contributed by atoms with Crippen LogP contribution in [0.4, 0.5) is 13.2 Å². The molecule has 1 heterocycles. The first-order chi connectivity index (χ1) is 11.3. The number of halogens is 3. The predicted octanol–water partition coefficient (Wildman–Crippen LogP) is 4.28. The van der Waals surface area contributed by atoms with Crippen molar-refractivity contribution >= 4 is 5.91 Å². The van der Waals surface area contributed by atoms with Crippen molar-refractivity contribution in [2.24, 2.45) is 0 Å². The molecule has 1 amide bonds. The van der Waals surface area contributed by atoms with Crippen LogP contribution in [0.3, 0.4) is 0 Å². The highest BCUT2D eigenvalue weighted by atomic mass is 19.4. The Labute approximate surface area is 137 Å². The van der Waals surface area contributed by atoms with Crippen molar-refractivity contribution in [3.63, 3.8) is 0 Å². The van der Waals surface area contributed by atoms with Crippen molar-refractivity contribution in [1.82, 2.24) is 10.3 Å². The van der Waals surface area contributed by atoms with Crippen molar-refractivity contribution in [3.05, 3.63) is 52.8 Å². The Morgan fingerprint density at radius 1 is 1.21 bits per heavy atom. The molecular formula is C18H17F3N2O. The number of pyridine rings is 1. The molecule has 1 aliphatic carbocycles. The second-order valence-corrected chi connectivity index (χ2v) is 6.13. The minimum absolute atomic E-state index is 0.0263. The van der Waals surface area contributed by atoms with Crippen LogP contribution in [0, 0.1) is 13.8 Å². The summed E-state index contributed by atoms with van der Waals surface area (Å²) in [5, 5.41) is 2.79. The molecule has 24 heavy (non-hydrogen) atoms. The largest absolute Gasteiger partial charge is 0.417 e. The molecule has 3 rings (SSSR count). The van der Waals surface area contributed by atoms with Crippen molar-refractivity contribution < 1.29 is 18.0 Å². The second kappa shape index (κ2) is 5.92. The molecule has 126 valence electrons. The topological polar surface area (TPSA) is 42.0 Å². The van der Waals surface area contributed by atoms with Crippen LogP contribution in [0.15, 0.2) is 30.5 Å². The van der Waals surface area contributed by atoms with Crippen molar-refractivity contribution in [3.8, 4) is 11.1 Å². The average Bonchev–Trinajstić information content (AvgIpc) is 3.32. The van der Waals surface area contributed by atoms with Gasteiger partial charge in [0.05, 0.1) is 5.56 Å². The van der Waals surface area contributed by atoms with Crippen LogP contribution >= 0.6 is 0 Å². The predicted molar refractivity (Wildman–Crippen MR) is 84.6 cm³/mol. The van der Waals surface area contributed by atoms with Crippen LogP contribution in [-0.2, 0) is 6.18 Å². The molecule has 0 unspecified atom stereocenters. The van der Waals surface area contributed by atoms with Crippen LogP contribution < -0.4 is 5.32 Å². The van der Waals surface area contributed by atoms with Crippen LogP contribution in [0.5, 0.6) is 0 Å². The van der Waals surface area contributed by atoms with Crippen molar-refractivity contribution in [2.45, 2.75) is 38.9 Å². The van der Waals surface area contributed by atoms with E-state index in [1.165, 1.54) is 18.3 Å². The van der Waals surface area contributed by atoms with Gasteiger partial charge in [-0.3, -0.25) is 9.78 Å². The zero-order valence-corrected chi connectivity index (χ0v) is 13.4. The highest BCUT2D eigenvalue weighted by Crippen LogP contribution is 2.38. The van der Waals surface area contributed by atoms with Gasteiger partial charge in [-0.25, -0.2) is 0 Å². The Kier molecular flexibility index (Phi) is 4.07. The molecule has 1 fully saturated rings. The Hall–Kier alpha value is -2.37. The van der Waals surface area contributed by atoms with E-state index in [2.05, 4.69) is 10.3 Å². The molecule has 0 radical (unpaired) electrons. The van der Waals surface area contributed by atoms with E-state index >= 15 is 0 Å². The summed E-state index contributed by atoms with van der Waals surface area (Å²) in [6, 6.07) is 5.29. The Balaban J connectivity index is 2.08. The number of carbonyl (C=O) groups excluding carboxylic acids is 1. The number of rotatable bonds is 3. The first kappa shape index (κ1) is 16.5. The first-order valence-electron chi connectivity index (χ1n) is 7.71. The molecule has 2 aromatic rings. The van der Waals surface area contributed by atoms with Gasteiger partial charge in [0, 0.05) is 29.1 Å². The molecule has 0 atom stereocenters. The van der Waals surface area contributed by atoms with Gasteiger partial charge in [-0.2, -0.15) is 13.2 Å². The molecule has 1 aromatic carbocycles. The fourth-order valence-corrected chi connectivity index (χ4v) is 2.46. The minimum Gasteiger partial charge on any atom is -0.349 e. The molecule has 0 saturated heterocycles. The Morgan fingerprint density at radius 2 is 1.92 bits per heavy atom. The van der Waals surface area contributed by atoms with Crippen LogP contribution in [0.2, 0.25) is 0 Å². The SMILES string of the molecule is Cc1cc(-c2cc(C(=O)NC3CC3)ccc2C(F)(F)F)cnc1C. The van der Waals surface area contributed by atoms with Gasteiger partial charge in [0.1, 0.15) is 0 Å². The molecule has 0 bridgehead atoms. The van der Waals surface area contributed by atoms with E-state index in [0.717, 1.165) is 30.2 Å². The Morgan fingerprint density at radius 3 is 2.50 bits per heavy atom. The van der Waals surface area contributed by atoms with Crippen molar-refractivity contribution in [2.75, 3.05) is 0 Å². The summed E-state index contributed by atoms with van der Waals surface area (Å²) in [6.07, 6.45) is -1.25. The van der Waals surface area contributed by atoms with Gasteiger partial charge >= 0.3 is 6.18 Å². The van der Waals surface area contributed by atoms with E-state index in [9.17, 15) is 18.0 Å². The molecule has 1 aromatic heterocycles. The molecule has 1 aliphatic rings. The number of aryl methyl sites for hydroxylation is 2. The summed E-state index contributed by atoms with van der Waals surface area (Å²) >= 11 is 0. The molecular weight excluding hydrogens is 317 g/mol. The average molecular weight is 334 g/mol. The van der Waals surface area contributed by atoms with Gasteiger partial charge in [0.25, 0.3) is 5.91 Å². The maximum Gasteiger partial charge on any atom is 0.417 e. The smallest absolute Gasteiger partial charge is 0.349 e. The molecule has 1 N–H and O–H groups in total. The van der Waals surface area contributed by atoms with Gasteiger partial charge in [0.2, 0.25) is 0 Å². The van der Waals surface area contributed by atoms with Gasteiger partial charge in [-0.15, -0.1) is 0 Å². The minimum atomic E-state index is -4.50. The molecule has 1 saturated carbocycles. The lowest BCUT2D eigenvalue weighted by molar-refractivity contribution is -0.137. The van der Waals surface area contributed by atoms with Crippen LogP contribution in [0.1, 0.15) is 40.0 Å². The van der Waals surface area contributed by atoms with Gasteiger partial charge in [0.15, 0.2) is 0 Å². The third kappa shape index (κ3) is 3.42.